The van der Waals surface area contributed by atoms with Crippen molar-refractivity contribution in [3.63, 3.8) is 0 Å². The molecule has 0 amide bonds. The summed E-state index contributed by atoms with van der Waals surface area (Å²) >= 11 is 7.56. The van der Waals surface area contributed by atoms with Crippen LogP contribution in [0.1, 0.15) is 18.7 Å². The first-order chi connectivity index (χ1) is 8.20. The van der Waals surface area contributed by atoms with Crippen LogP contribution in [0.25, 0.3) is 0 Å². The molecule has 0 unspecified atom stereocenters. The van der Waals surface area contributed by atoms with Gasteiger partial charge in [0.25, 0.3) is 0 Å². The van der Waals surface area contributed by atoms with Gasteiger partial charge >= 0.3 is 0 Å². The predicted molar refractivity (Wildman–Crippen MR) is 69.1 cm³/mol. The van der Waals surface area contributed by atoms with E-state index in [9.17, 15) is 0 Å². The van der Waals surface area contributed by atoms with E-state index in [2.05, 4.69) is 10.2 Å². The van der Waals surface area contributed by atoms with Gasteiger partial charge in [-0.2, -0.15) is 0 Å². The third kappa shape index (κ3) is 2.92. The lowest BCUT2D eigenvalue weighted by molar-refractivity contribution is 0.470. The fourth-order valence-electron chi connectivity index (χ4n) is 1.30. The van der Waals surface area contributed by atoms with E-state index in [0.717, 1.165) is 11.3 Å². The minimum atomic E-state index is 0.570. The summed E-state index contributed by atoms with van der Waals surface area (Å²) < 4.78 is 5.41. The van der Waals surface area contributed by atoms with Crippen molar-refractivity contribution >= 4 is 29.1 Å². The van der Waals surface area contributed by atoms with E-state index in [1.807, 2.05) is 25.1 Å². The number of nitrogens with zero attached hydrogens (tertiary/aromatic N) is 2. The zero-order chi connectivity index (χ0) is 12.3. The molecule has 0 radical (unpaired) electrons. The van der Waals surface area contributed by atoms with Crippen LogP contribution in [0.15, 0.2) is 27.5 Å². The Morgan fingerprint density at radius 1 is 1.35 bits per heavy atom. The number of halogens is 1. The van der Waals surface area contributed by atoms with Crippen molar-refractivity contribution in [1.29, 1.82) is 0 Å². The Labute approximate surface area is 109 Å². The van der Waals surface area contributed by atoms with Gasteiger partial charge in [-0.05, 0) is 12.1 Å². The molecule has 0 bridgehead atoms. The number of nitrogen functional groups attached to an aromatic ring is 1. The quantitative estimate of drug-likeness (QED) is 0.682. The van der Waals surface area contributed by atoms with Crippen molar-refractivity contribution in [3.8, 4) is 0 Å². The molecule has 90 valence electrons. The Kier molecular flexibility index (Phi) is 3.91. The summed E-state index contributed by atoms with van der Waals surface area (Å²) in [5.41, 5.74) is 6.51. The van der Waals surface area contributed by atoms with E-state index in [1.54, 1.807) is 0 Å². The van der Waals surface area contributed by atoms with E-state index in [1.165, 1.54) is 11.8 Å². The maximum atomic E-state index is 6.06. The highest BCUT2D eigenvalue weighted by Crippen LogP contribution is 2.34. The van der Waals surface area contributed by atoms with Gasteiger partial charge in [-0.25, -0.2) is 0 Å². The minimum absolute atomic E-state index is 0.570. The minimum Gasteiger partial charge on any atom is -0.424 e. The standard InChI is InChI=1S/C11H12ClN3OS/c1-2-9-14-15-10(16-9)6-17-11-7(12)4-3-5-8(11)13/h3-5H,2,6,13H2,1H3. The highest BCUT2D eigenvalue weighted by Gasteiger charge is 2.09. The van der Waals surface area contributed by atoms with Crippen LogP contribution in [-0.4, -0.2) is 10.2 Å². The van der Waals surface area contributed by atoms with Crippen LogP contribution < -0.4 is 5.73 Å². The van der Waals surface area contributed by atoms with Crippen LogP contribution >= 0.6 is 23.4 Å². The molecule has 1 aromatic heterocycles. The molecule has 0 spiro atoms. The van der Waals surface area contributed by atoms with Crippen LogP contribution in [-0.2, 0) is 12.2 Å². The average Bonchev–Trinajstić information content (AvgIpc) is 2.76. The highest BCUT2D eigenvalue weighted by atomic mass is 35.5. The third-order valence-corrected chi connectivity index (χ3v) is 3.71. The molecule has 0 aliphatic carbocycles. The third-order valence-electron chi connectivity index (χ3n) is 2.15. The lowest BCUT2D eigenvalue weighted by atomic mass is 10.3. The summed E-state index contributed by atoms with van der Waals surface area (Å²) in [5.74, 6) is 1.81. The van der Waals surface area contributed by atoms with Crippen LogP contribution in [0.3, 0.4) is 0 Å². The first kappa shape index (κ1) is 12.3. The largest absolute Gasteiger partial charge is 0.424 e. The van der Waals surface area contributed by atoms with E-state index in [4.69, 9.17) is 21.8 Å². The Hall–Kier alpha value is -1.20. The lowest BCUT2D eigenvalue weighted by Crippen LogP contribution is -1.89. The molecule has 17 heavy (non-hydrogen) atoms. The van der Waals surface area contributed by atoms with E-state index < -0.39 is 0 Å². The molecule has 0 aliphatic rings. The Bertz CT molecular complexity index is 495. The Morgan fingerprint density at radius 3 is 2.76 bits per heavy atom. The van der Waals surface area contributed by atoms with Crippen molar-refractivity contribution in [2.45, 2.75) is 24.0 Å². The number of rotatable bonds is 4. The Balaban J connectivity index is 2.07. The van der Waals surface area contributed by atoms with Crippen molar-refractivity contribution in [2.24, 2.45) is 0 Å². The fraction of sp³-hybridized carbons (Fsp3) is 0.273. The number of benzene rings is 1. The predicted octanol–water partition coefficient (Wildman–Crippen LogP) is 3.16. The first-order valence-electron chi connectivity index (χ1n) is 5.18. The van der Waals surface area contributed by atoms with Gasteiger partial charge in [0.1, 0.15) is 0 Å². The summed E-state index contributed by atoms with van der Waals surface area (Å²) in [6.45, 7) is 1.97. The second-order valence-electron chi connectivity index (χ2n) is 3.39. The van der Waals surface area contributed by atoms with E-state index >= 15 is 0 Å². The molecule has 4 nitrogen and oxygen atoms in total. The molecular weight excluding hydrogens is 258 g/mol. The molecular formula is C11H12ClN3OS. The molecule has 0 fully saturated rings. The van der Waals surface area contributed by atoms with E-state index in [0.29, 0.717) is 28.2 Å². The van der Waals surface area contributed by atoms with Crippen molar-refractivity contribution in [2.75, 3.05) is 5.73 Å². The normalized spacial score (nSPS) is 10.7. The summed E-state index contributed by atoms with van der Waals surface area (Å²) in [7, 11) is 0. The molecule has 1 heterocycles. The molecule has 6 heteroatoms. The zero-order valence-electron chi connectivity index (χ0n) is 9.31. The molecule has 2 N–H and O–H groups in total. The molecule has 0 saturated carbocycles. The summed E-state index contributed by atoms with van der Waals surface area (Å²) in [4.78, 5) is 0.852. The molecule has 0 saturated heterocycles. The number of hydrogen-bond acceptors (Lipinski definition) is 5. The maximum absolute atomic E-state index is 6.06. The average molecular weight is 270 g/mol. The van der Waals surface area contributed by atoms with Gasteiger partial charge in [-0.3, -0.25) is 0 Å². The molecule has 0 aliphatic heterocycles. The number of nitrogens with two attached hydrogens (primary N) is 1. The first-order valence-corrected chi connectivity index (χ1v) is 6.55. The van der Waals surface area contributed by atoms with Crippen LogP contribution in [0.4, 0.5) is 5.69 Å². The topological polar surface area (TPSA) is 64.9 Å². The summed E-state index contributed by atoms with van der Waals surface area (Å²) in [6, 6.07) is 5.45. The monoisotopic (exact) mass is 269 g/mol. The lowest BCUT2D eigenvalue weighted by Gasteiger charge is -2.05. The van der Waals surface area contributed by atoms with Gasteiger partial charge in [0.15, 0.2) is 0 Å². The van der Waals surface area contributed by atoms with E-state index in [-0.39, 0.29) is 0 Å². The summed E-state index contributed by atoms with van der Waals surface area (Å²) in [6.07, 6.45) is 0.742. The molecule has 1 aromatic carbocycles. The second-order valence-corrected chi connectivity index (χ2v) is 4.78. The SMILES string of the molecule is CCc1nnc(CSc2c(N)cccc2Cl)o1. The van der Waals surface area contributed by atoms with Crippen LogP contribution in [0.2, 0.25) is 5.02 Å². The molecule has 2 aromatic rings. The van der Waals surface area contributed by atoms with Crippen molar-refractivity contribution in [3.05, 3.63) is 35.0 Å². The number of aryl methyl sites for hydroxylation is 1. The Morgan fingerprint density at radius 2 is 2.12 bits per heavy atom. The van der Waals surface area contributed by atoms with Gasteiger partial charge < -0.3 is 10.2 Å². The van der Waals surface area contributed by atoms with Gasteiger partial charge in [0.2, 0.25) is 11.8 Å². The number of aromatic nitrogens is 2. The summed E-state index contributed by atoms with van der Waals surface area (Å²) in [5, 5.41) is 8.48. The smallest absolute Gasteiger partial charge is 0.226 e. The van der Waals surface area contributed by atoms with Crippen LogP contribution in [0.5, 0.6) is 0 Å². The number of anilines is 1. The molecule has 2 rings (SSSR count). The van der Waals surface area contributed by atoms with Gasteiger partial charge in [-0.1, -0.05) is 24.6 Å². The zero-order valence-corrected chi connectivity index (χ0v) is 10.9. The number of hydrogen-bond donors (Lipinski definition) is 1. The molecule has 0 atom stereocenters. The highest BCUT2D eigenvalue weighted by molar-refractivity contribution is 7.98. The van der Waals surface area contributed by atoms with Gasteiger partial charge in [0.05, 0.1) is 10.8 Å². The van der Waals surface area contributed by atoms with Crippen molar-refractivity contribution in [1.82, 2.24) is 10.2 Å². The van der Waals surface area contributed by atoms with Gasteiger partial charge in [-0.15, -0.1) is 22.0 Å². The van der Waals surface area contributed by atoms with Crippen molar-refractivity contribution < 1.29 is 4.42 Å². The maximum Gasteiger partial charge on any atom is 0.226 e. The van der Waals surface area contributed by atoms with Gasteiger partial charge in [0, 0.05) is 17.0 Å². The second kappa shape index (κ2) is 5.42. The van der Waals surface area contributed by atoms with Crippen LogP contribution in [0, 0.1) is 0 Å². The number of thioether (sulfide) groups is 1. The fourth-order valence-corrected chi connectivity index (χ4v) is 2.47.